The van der Waals surface area contributed by atoms with Crippen molar-refractivity contribution in [3.63, 3.8) is 0 Å². The number of carbonyl (C=O) groups is 1. The van der Waals surface area contributed by atoms with E-state index < -0.39 is 15.8 Å². The van der Waals surface area contributed by atoms with Crippen molar-refractivity contribution in [2.24, 2.45) is 5.92 Å². The number of hydrogen-bond donors (Lipinski definition) is 1. The lowest BCUT2D eigenvalue weighted by molar-refractivity contribution is -0.137. The van der Waals surface area contributed by atoms with E-state index in [4.69, 9.17) is 5.11 Å². The smallest absolute Gasteiger partial charge is 0.303 e. The second-order valence-corrected chi connectivity index (χ2v) is 6.84. The maximum atomic E-state index is 11.5. The molecule has 0 unspecified atom stereocenters. The van der Waals surface area contributed by atoms with Crippen LogP contribution in [0, 0.1) is 5.92 Å². The molecular weight excluding hydrogens is 228 g/mol. The molecule has 96 valence electrons. The van der Waals surface area contributed by atoms with E-state index in [1.165, 1.54) is 0 Å². The van der Waals surface area contributed by atoms with Crippen molar-refractivity contribution in [2.75, 3.05) is 11.5 Å². The van der Waals surface area contributed by atoms with Crippen LogP contribution in [0.25, 0.3) is 0 Å². The lowest BCUT2D eigenvalue weighted by Gasteiger charge is -2.06. The molecule has 0 radical (unpaired) electrons. The van der Waals surface area contributed by atoms with Crippen LogP contribution in [-0.4, -0.2) is 31.0 Å². The quantitative estimate of drug-likeness (QED) is 0.636. The maximum Gasteiger partial charge on any atom is 0.303 e. The largest absolute Gasteiger partial charge is 0.481 e. The Morgan fingerprint density at radius 3 is 2.25 bits per heavy atom. The molecule has 0 aliphatic carbocycles. The Kier molecular flexibility index (Phi) is 7.38. The van der Waals surface area contributed by atoms with Crippen molar-refractivity contribution < 1.29 is 18.3 Å². The summed E-state index contributed by atoms with van der Waals surface area (Å²) in [5.74, 6) is 0.0348. The fraction of sp³-hybridized carbons (Fsp3) is 0.909. The molecule has 0 aliphatic rings. The van der Waals surface area contributed by atoms with Crippen LogP contribution in [0.5, 0.6) is 0 Å². The third-order valence-corrected chi connectivity index (χ3v) is 4.12. The molecule has 16 heavy (non-hydrogen) atoms. The maximum absolute atomic E-state index is 11.5. The van der Waals surface area contributed by atoms with Gasteiger partial charge < -0.3 is 5.11 Å². The summed E-state index contributed by atoms with van der Waals surface area (Å²) in [5.41, 5.74) is 0. The minimum absolute atomic E-state index is 0.131. The van der Waals surface area contributed by atoms with Gasteiger partial charge in [-0.05, 0) is 25.2 Å². The molecule has 4 nitrogen and oxygen atoms in total. The van der Waals surface area contributed by atoms with Crippen molar-refractivity contribution in [1.82, 2.24) is 0 Å². The van der Waals surface area contributed by atoms with Crippen LogP contribution in [-0.2, 0) is 14.6 Å². The van der Waals surface area contributed by atoms with Gasteiger partial charge in [0.1, 0.15) is 9.84 Å². The molecule has 0 fully saturated rings. The summed E-state index contributed by atoms with van der Waals surface area (Å²) in [7, 11) is -2.92. The molecule has 0 saturated carbocycles. The molecule has 0 aromatic carbocycles. The predicted octanol–water partition coefficient (Wildman–Crippen LogP) is 2.09. The van der Waals surface area contributed by atoms with Gasteiger partial charge in [0.25, 0.3) is 0 Å². The summed E-state index contributed by atoms with van der Waals surface area (Å²) in [6, 6.07) is 0. The summed E-state index contributed by atoms with van der Waals surface area (Å²) >= 11 is 0. The number of hydrogen-bond acceptors (Lipinski definition) is 3. The number of sulfone groups is 1. The zero-order valence-electron chi connectivity index (χ0n) is 10.1. The molecule has 0 atom stereocenters. The van der Waals surface area contributed by atoms with E-state index in [0.717, 1.165) is 0 Å². The summed E-state index contributed by atoms with van der Waals surface area (Å²) < 4.78 is 23.0. The first-order chi connectivity index (χ1) is 7.33. The van der Waals surface area contributed by atoms with Crippen molar-refractivity contribution >= 4 is 15.8 Å². The average molecular weight is 250 g/mol. The minimum atomic E-state index is -2.92. The Morgan fingerprint density at radius 2 is 1.75 bits per heavy atom. The van der Waals surface area contributed by atoms with Gasteiger partial charge in [0.05, 0.1) is 11.5 Å². The van der Waals surface area contributed by atoms with Gasteiger partial charge in [0.15, 0.2) is 0 Å². The van der Waals surface area contributed by atoms with Crippen LogP contribution in [0.3, 0.4) is 0 Å². The van der Waals surface area contributed by atoms with E-state index in [2.05, 4.69) is 0 Å². The normalized spacial score (nSPS) is 11.9. The molecule has 0 saturated heterocycles. The van der Waals surface area contributed by atoms with Crippen molar-refractivity contribution in [1.29, 1.82) is 0 Å². The standard InChI is InChI=1S/C11H22O4S/c1-10(2)7-9-16(14,15)8-5-3-4-6-11(12)13/h10H,3-9H2,1-2H3,(H,12,13). The number of unbranched alkanes of at least 4 members (excludes halogenated alkanes) is 2. The second kappa shape index (κ2) is 7.65. The Hall–Kier alpha value is -0.580. The van der Waals surface area contributed by atoms with Gasteiger partial charge in [-0.15, -0.1) is 0 Å². The molecule has 0 aromatic rings. The van der Waals surface area contributed by atoms with E-state index >= 15 is 0 Å². The highest BCUT2D eigenvalue weighted by Crippen LogP contribution is 2.07. The van der Waals surface area contributed by atoms with Crippen molar-refractivity contribution in [2.45, 2.75) is 46.0 Å². The van der Waals surface area contributed by atoms with Gasteiger partial charge in [-0.2, -0.15) is 0 Å². The second-order valence-electron chi connectivity index (χ2n) is 4.54. The van der Waals surface area contributed by atoms with Gasteiger partial charge in [0.2, 0.25) is 0 Å². The molecule has 0 aliphatic heterocycles. The zero-order chi connectivity index (χ0) is 12.6. The summed E-state index contributed by atoms with van der Waals surface area (Å²) in [6.07, 6.45) is 2.65. The van der Waals surface area contributed by atoms with E-state index in [1.807, 2.05) is 13.8 Å². The van der Waals surface area contributed by atoms with E-state index in [0.29, 0.717) is 31.6 Å². The fourth-order valence-corrected chi connectivity index (χ4v) is 2.97. The van der Waals surface area contributed by atoms with E-state index in [9.17, 15) is 13.2 Å². The highest BCUT2D eigenvalue weighted by atomic mass is 32.2. The van der Waals surface area contributed by atoms with Gasteiger partial charge >= 0.3 is 5.97 Å². The first-order valence-electron chi connectivity index (χ1n) is 5.75. The van der Waals surface area contributed by atoms with Crippen LogP contribution in [0.2, 0.25) is 0 Å². The average Bonchev–Trinajstić information content (AvgIpc) is 2.14. The van der Waals surface area contributed by atoms with Crippen LogP contribution in [0.15, 0.2) is 0 Å². The molecule has 0 spiro atoms. The molecule has 0 aromatic heterocycles. The van der Waals surface area contributed by atoms with Crippen molar-refractivity contribution in [3.05, 3.63) is 0 Å². The first kappa shape index (κ1) is 15.4. The number of aliphatic carboxylic acids is 1. The summed E-state index contributed by atoms with van der Waals surface area (Å²) in [6.45, 7) is 4.00. The van der Waals surface area contributed by atoms with Crippen LogP contribution in [0.4, 0.5) is 0 Å². The molecule has 1 N–H and O–H groups in total. The summed E-state index contributed by atoms with van der Waals surface area (Å²) in [5, 5.41) is 8.40. The molecule has 0 bridgehead atoms. The van der Waals surface area contributed by atoms with Crippen molar-refractivity contribution in [3.8, 4) is 0 Å². The Bertz CT molecular complexity index is 293. The fourth-order valence-electron chi connectivity index (χ4n) is 1.29. The van der Waals surface area contributed by atoms with Crippen LogP contribution in [0.1, 0.15) is 46.0 Å². The molecule has 0 amide bonds. The third-order valence-electron chi connectivity index (χ3n) is 2.35. The molecule has 0 heterocycles. The summed E-state index contributed by atoms with van der Waals surface area (Å²) in [4.78, 5) is 10.2. The monoisotopic (exact) mass is 250 g/mol. The van der Waals surface area contributed by atoms with Gasteiger partial charge in [0, 0.05) is 6.42 Å². The van der Waals surface area contributed by atoms with Gasteiger partial charge in [-0.1, -0.05) is 20.3 Å². The Labute approximate surface area is 98.0 Å². The number of rotatable bonds is 9. The molecule has 5 heteroatoms. The zero-order valence-corrected chi connectivity index (χ0v) is 10.9. The Morgan fingerprint density at radius 1 is 1.12 bits per heavy atom. The number of carboxylic acid groups (broad SMARTS) is 1. The van der Waals surface area contributed by atoms with E-state index in [1.54, 1.807) is 0 Å². The van der Waals surface area contributed by atoms with Crippen LogP contribution >= 0.6 is 0 Å². The first-order valence-corrected chi connectivity index (χ1v) is 7.58. The lowest BCUT2D eigenvalue weighted by Crippen LogP contribution is -2.12. The predicted molar refractivity (Wildman–Crippen MR) is 64.2 cm³/mol. The minimum Gasteiger partial charge on any atom is -0.481 e. The van der Waals surface area contributed by atoms with Crippen LogP contribution < -0.4 is 0 Å². The highest BCUT2D eigenvalue weighted by Gasteiger charge is 2.11. The molecule has 0 rings (SSSR count). The van der Waals surface area contributed by atoms with Gasteiger partial charge in [-0.3, -0.25) is 4.79 Å². The third kappa shape index (κ3) is 9.96. The van der Waals surface area contributed by atoms with E-state index in [-0.39, 0.29) is 17.9 Å². The topological polar surface area (TPSA) is 71.4 Å². The number of carboxylic acids is 1. The Balaban J connectivity index is 3.62. The SMILES string of the molecule is CC(C)CCS(=O)(=O)CCCCCC(=O)O. The van der Waals surface area contributed by atoms with Gasteiger partial charge in [-0.25, -0.2) is 8.42 Å². The lowest BCUT2D eigenvalue weighted by atomic mass is 10.2. The molecular formula is C11H22O4S. The highest BCUT2D eigenvalue weighted by molar-refractivity contribution is 7.91.